The third-order valence-electron chi connectivity index (χ3n) is 1.44. The third kappa shape index (κ3) is 3.26. The Morgan fingerprint density at radius 2 is 2.00 bits per heavy atom. The SMILES string of the molecule is CCC(O)(CC)NS(=O)[O-]. The molecule has 0 aliphatic carbocycles. The van der Waals surface area contributed by atoms with Crippen LogP contribution in [0.3, 0.4) is 0 Å². The molecule has 0 amide bonds. The minimum atomic E-state index is -2.38. The lowest BCUT2D eigenvalue weighted by molar-refractivity contribution is 0.0205. The second kappa shape index (κ2) is 4.02. The Hall–Kier alpha value is 0.0300. The summed E-state index contributed by atoms with van der Waals surface area (Å²) in [5.41, 5.74) is -1.26. The lowest BCUT2D eigenvalue weighted by Crippen LogP contribution is -2.44. The van der Waals surface area contributed by atoms with Crippen molar-refractivity contribution in [3.63, 3.8) is 0 Å². The summed E-state index contributed by atoms with van der Waals surface area (Å²) in [5, 5.41) is 9.30. The maximum Gasteiger partial charge on any atom is 0.125 e. The molecule has 0 saturated heterocycles. The largest absolute Gasteiger partial charge is 0.760 e. The van der Waals surface area contributed by atoms with Crippen molar-refractivity contribution in [2.75, 3.05) is 0 Å². The molecule has 0 heterocycles. The van der Waals surface area contributed by atoms with Gasteiger partial charge < -0.3 is 9.66 Å². The van der Waals surface area contributed by atoms with E-state index in [-0.39, 0.29) is 0 Å². The molecule has 0 aliphatic rings. The van der Waals surface area contributed by atoms with E-state index in [1.165, 1.54) is 0 Å². The smallest absolute Gasteiger partial charge is 0.125 e. The molecule has 0 radical (unpaired) electrons. The number of rotatable bonds is 4. The van der Waals surface area contributed by atoms with E-state index >= 15 is 0 Å². The third-order valence-corrected chi connectivity index (χ3v) is 1.99. The molecular weight excluding hydrogens is 154 g/mol. The van der Waals surface area contributed by atoms with Crippen LogP contribution in [-0.4, -0.2) is 19.6 Å². The summed E-state index contributed by atoms with van der Waals surface area (Å²) < 4.78 is 22.2. The maximum atomic E-state index is 10.1. The van der Waals surface area contributed by atoms with Gasteiger partial charge in [-0.25, -0.2) is 4.72 Å². The van der Waals surface area contributed by atoms with E-state index in [1.807, 2.05) is 4.72 Å². The Balaban J connectivity index is 3.92. The van der Waals surface area contributed by atoms with E-state index in [9.17, 15) is 13.9 Å². The summed E-state index contributed by atoms with van der Waals surface area (Å²) in [6.45, 7) is 3.42. The first kappa shape index (κ1) is 10.0. The molecule has 62 valence electrons. The zero-order chi connectivity index (χ0) is 8.20. The fourth-order valence-electron chi connectivity index (χ4n) is 0.549. The highest BCUT2D eigenvalue weighted by molar-refractivity contribution is 7.77. The second-order valence-corrected chi connectivity index (χ2v) is 2.75. The minimum Gasteiger partial charge on any atom is -0.760 e. The molecule has 0 aliphatic heterocycles. The lowest BCUT2D eigenvalue weighted by atomic mass is 10.1. The van der Waals surface area contributed by atoms with Gasteiger partial charge in [0, 0.05) is 11.3 Å². The first-order valence-electron chi connectivity index (χ1n) is 3.13. The molecule has 0 aromatic carbocycles. The normalized spacial score (nSPS) is 15.2. The van der Waals surface area contributed by atoms with E-state index in [2.05, 4.69) is 0 Å². The molecule has 0 aromatic rings. The molecule has 1 atom stereocenters. The van der Waals surface area contributed by atoms with Gasteiger partial charge in [0.25, 0.3) is 0 Å². The minimum absolute atomic E-state index is 0.373. The Morgan fingerprint density at radius 3 is 2.10 bits per heavy atom. The predicted octanol–water partition coefficient (Wildman–Crippen LogP) is -0.121. The van der Waals surface area contributed by atoms with E-state index in [4.69, 9.17) is 0 Å². The van der Waals surface area contributed by atoms with Gasteiger partial charge in [-0.15, -0.1) is 0 Å². The van der Waals surface area contributed by atoms with Gasteiger partial charge in [-0.2, -0.15) is 0 Å². The van der Waals surface area contributed by atoms with Crippen LogP contribution in [-0.2, 0) is 11.3 Å². The Kier molecular flexibility index (Phi) is 4.04. The lowest BCUT2D eigenvalue weighted by Gasteiger charge is -2.27. The van der Waals surface area contributed by atoms with Gasteiger partial charge in [0.15, 0.2) is 0 Å². The summed E-state index contributed by atoms with van der Waals surface area (Å²) in [7, 11) is 0. The average Bonchev–Trinajstić information content (AvgIpc) is 1.87. The monoisotopic (exact) mass is 166 g/mol. The molecule has 0 bridgehead atoms. The van der Waals surface area contributed by atoms with E-state index < -0.39 is 17.0 Å². The molecule has 2 N–H and O–H groups in total. The fourth-order valence-corrected chi connectivity index (χ4v) is 1.15. The van der Waals surface area contributed by atoms with Crippen LogP contribution in [0.1, 0.15) is 26.7 Å². The number of hydrogen-bond donors (Lipinski definition) is 2. The first-order valence-corrected chi connectivity index (χ1v) is 4.21. The zero-order valence-electron chi connectivity index (χ0n) is 6.09. The molecule has 10 heavy (non-hydrogen) atoms. The van der Waals surface area contributed by atoms with Crippen LogP contribution in [0.15, 0.2) is 0 Å². The highest BCUT2D eigenvalue weighted by Crippen LogP contribution is 2.09. The van der Waals surface area contributed by atoms with Crippen molar-refractivity contribution in [1.82, 2.24) is 4.72 Å². The Bertz CT molecular complexity index is 124. The molecular formula is C5H12NO3S-. The van der Waals surface area contributed by atoms with Crippen molar-refractivity contribution in [1.29, 1.82) is 0 Å². The van der Waals surface area contributed by atoms with E-state index in [0.29, 0.717) is 12.8 Å². The Labute approximate surface area is 63.1 Å². The molecule has 5 heteroatoms. The summed E-state index contributed by atoms with van der Waals surface area (Å²) in [5.74, 6) is 0. The van der Waals surface area contributed by atoms with Crippen LogP contribution < -0.4 is 4.72 Å². The van der Waals surface area contributed by atoms with Crippen LogP contribution in [0, 0.1) is 0 Å². The first-order chi connectivity index (χ1) is 4.54. The number of hydrogen-bond acceptors (Lipinski definition) is 3. The van der Waals surface area contributed by atoms with Crippen molar-refractivity contribution in [3.05, 3.63) is 0 Å². The molecule has 0 aromatic heterocycles. The molecule has 0 spiro atoms. The molecule has 4 nitrogen and oxygen atoms in total. The van der Waals surface area contributed by atoms with E-state index in [0.717, 1.165) is 0 Å². The fraction of sp³-hybridized carbons (Fsp3) is 1.00. The van der Waals surface area contributed by atoms with Crippen LogP contribution in [0.2, 0.25) is 0 Å². The summed E-state index contributed by atoms with van der Waals surface area (Å²) in [6, 6.07) is 0. The number of aliphatic hydroxyl groups is 1. The number of nitrogens with one attached hydrogen (secondary N) is 1. The summed E-state index contributed by atoms with van der Waals surface area (Å²) in [6.07, 6.45) is 0.745. The quantitative estimate of drug-likeness (QED) is 0.451. The van der Waals surface area contributed by atoms with Crippen LogP contribution in [0.5, 0.6) is 0 Å². The predicted molar refractivity (Wildman–Crippen MR) is 37.6 cm³/mol. The average molecular weight is 166 g/mol. The standard InChI is InChI=1S/C5H13NO3S/c1-3-5(7,4-2)6-10(8)9/h6-7H,3-4H2,1-2H3,(H,8,9)/p-1. The molecule has 0 saturated carbocycles. The van der Waals surface area contributed by atoms with Crippen molar-refractivity contribution >= 4 is 11.3 Å². The topological polar surface area (TPSA) is 72.4 Å². The highest BCUT2D eigenvalue weighted by Gasteiger charge is 2.20. The van der Waals surface area contributed by atoms with Crippen molar-refractivity contribution in [2.45, 2.75) is 32.4 Å². The van der Waals surface area contributed by atoms with Crippen LogP contribution in [0.25, 0.3) is 0 Å². The van der Waals surface area contributed by atoms with Crippen molar-refractivity contribution < 1.29 is 13.9 Å². The van der Waals surface area contributed by atoms with Gasteiger partial charge in [-0.3, -0.25) is 4.21 Å². The van der Waals surface area contributed by atoms with Crippen LogP contribution in [0.4, 0.5) is 0 Å². The van der Waals surface area contributed by atoms with Gasteiger partial charge in [0.2, 0.25) is 0 Å². The van der Waals surface area contributed by atoms with E-state index in [1.54, 1.807) is 13.8 Å². The highest BCUT2D eigenvalue weighted by atomic mass is 32.2. The van der Waals surface area contributed by atoms with Crippen LogP contribution >= 0.6 is 0 Å². The summed E-state index contributed by atoms with van der Waals surface area (Å²) >= 11 is -2.38. The molecule has 0 rings (SSSR count). The van der Waals surface area contributed by atoms with Gasteiger partial charge in [-0.1, -0.05) is 13.8 Å². The van der Waals surface area contributed by atoms with Gasteiger partial charge in [0.1, 0.15) is 5.72 Å². The molecule has 1 unspecified atom stereocenters. The Morgan fingerprint density at radius 1 is 1.60 bits per heavy atom. The maximum absolute atomic E-state index is 10.1. The van der Waals surface area contributed by atoms with Crippen molar-refractivity contribution in [2.24, 2.45) is 0 Å². The van der Waals surface area contributed by atoms with Gasteiger partial charge >= 0.3 is 0 Å². The zero-order valence-corrected chi connectivity index (χ0v) is 6.90. The molecule has 0 fully saturated rings. The summed E-state index contributed by atoms with van der Waals surface area (Å²) in [4.78, 5) is 0. The van der Waals surface area contributed by atoms with Gasteiger partial charge in [-0.05, 0) is 12.8 Å². The van der Waals surface area contributed by atoms with Crippen molar-refractivity contribution in [3.8, 4) is 0 Å². The second-order valence-electron chi connectivity index (χ2n) is 2.08. The van der Waals surface area contributed by atoms with Gasteiger partial charge in [0.05, 0.1) is 0 Å².